The summed E-state index contributed by atoms with van der Waals surface area (Å²) in [6.45, 7) is 5.75. The van der Waals surface area contributed by atoms with E-state index in [1.165, 1.54) is 0 Å². The highest BCUT2D eigenvalue weighted by atomic mass is 16.3. The minimum Gasteiger partial charge on any atom is -0.508 e. The normalized spacial score (nSPS) is 14.7. The summed E-state index contributed by atoms with van der Waals surface area (Å²) in [5.74, 6) is 0.307. The maximum Gasteiger partial charge on any atom is 0.111 e. The maximum atomic E-state index is 8.95. The second kappa shape index (κ2) is 4.86. The lowest BCUT2D eigenvalue weighted by Crippen LogP contribution is -1.71. The van der Waals surface area contributed by atoms with Crippen LogP contribution < -0.4 is 0 Å². The average Bonchev–Trinajstić information content (AvgIpc) is 1.99. The van der Waals surface area contributed by atoms with Crippen molar-refractivity contribution < 1.29 is 5.11 Å². The van der Waals surface area contributed by atoms with Crippen molar-refractivity contribution in [3.8, 4) is 0 Å². The highest BCUT2D eigenvalue weighted by Crippen LogP contribution is 1.97. The quantitative estimate of drug-likeness (QED) is 0.459. The van der Waals surface area contributed by atoms with Gasteiger partial charge < -0.3 is 5.11 Å². The van der Waals surface area contributed by atoms with Gasteiger partial charge in [-0.05, 0) is 32.9 Å². The van der Waals surface area contributed by atoms with Gasteiger partial charge in [0.1, 0.15) is 5.76 Å². The molecule has 0 amide bonds. The lowest BCUT2D eigenvalue weighted by Gasteiger charge is -1.88. The van der Waals surface area contributed by atoms with Crippen LogP contribution in [0, 0.1) is 0 Å². The second-order valence-corrected chi connectivity index (χ2v) is 2.08. The third kappa shape index (κ3) is 3.96. The molecule has 0 bridgehead atoms. The molecular formula is C9H14O. The van der Waals surface area contributed by atoms with Crippen molar-refractivity contribution >= 4 is 0 Å². The average molecular weight is 138 g/mol. The molecule has 0 aliphatic rings. The van der Waals surface area contributed by atoms with E-state index in [0.717, 1.165) is 5.57 Å². The zero-order valence-electron chi connectivity index (χ0n) is 6.76. The predicted molar refractivity (Wildman–Crippen MR) is 45.0 cm³/mol. The molecule has 0 spiro atoms. The van der Waals surface area contributed by atoms with E-state index in [4.69, 9.17) is 5.11 Å². The monoisotopic (exact) mass is 138 g/mol. The van der Waals surface area contributed by atoms with Gasteiger partial charge in [-0.25, -0.2) is 0 Å². The Morgan fingerprint density at radius 3 is 2.10 bits per heavy atom. The first-order valence-electron chi connectivity index (χ1n) is 3.37. The fourth-order valence-electron chi connectivity index (χ4n) is 0.409. The molecule has 0 rings (SSSR count). The van der Waals surface area contributed by atoms with Crippen molar-refractivity contribution in [3.63, 3.8) is 0 Å². The Kier molecular flexibility index (Phi) is 4.38. The molecule has 0 heterocycles. The third-order valence-electron chi connectivity index (χ3n) is 1.27. The molecule has 0 atom stereocenters. The summed E-state index contributed by atoms with van der Waals surface area (Å²) in [7, 11) is 0. The molecule has 0 fully saturated rings. The number of aliphatic hydroxyl groups excluding tert-OH is 1. The number of aliphatic hydroxyl groups is 1. The molecule has 0 aliphatic carbocycles. The summed E-state index contributed by atoms with van der Waals surface area (Å²) in [6, 6.07) is 0. The fraction of sp³-hybridized carbons (Fsp3) is 0.333. The first-order valence-corrected chi connectivity index (χ1v) is 3.37. The zero-order valence-corrected chi connectivity index (χ0v) is 6.76. The highest BCUT2D eigenvalue weighted by Gasteiger charge is 1.80. The zero-order chi connectivity index (χ0) is 7.98. The van der Waals surface area contributed by atoms with Gasteiger partial charge in [-0.2, -0.15) is 0 Å². The van der Waals surface area contributed by atoms with Crippen molar-refractivity contribution in [2.45, 2.75) is 20.8 Å². The van der Waals surface area contributed by atoms with E-state index in [2.05, 4.69) is 0 Å². The summed E-state index contributed by atoms with van der Waals surface area (Å²) in [4.78, 5) is 0. The molecule has 56 valence electrons. The first-order chi connectivity index (χ1) is 4.70. The van der Waals surface area contributed by atoms with Crippen LogP contribution in [0.25, 0.3) is 0 Å². The standard InChI is InChI=1S/C9H14O/c1-4-8(3)6-7-9(10)5-2/h4-7,10H,1-3H3/b7-6-,8-4-,9-5-. The third-order valence-corrected chi connectivity index (χ3v) is 1.27. The van der Waals surface area contributed by atoms with Crippen LogP contribution in [0.15, 0.2) is 35.6 Å². The van der Waals surface area contributed by atoms with Crippen LogP contribution in [-0.2, 0) is 0 Å². The number of rotatable bonds is 2. The lowest BCUT2D eigenvalue weighted by molar-refractivity contribution is 0.431. The Labute approximate surface area is 62.4 Å². The SMILES string of the molecule is C\C=C(C)/C=C\C(O)=C\C. The van der Waals surface area contributed by atoms with E-state index in [9.17, 15) is 0 Å². The van der Waals surface area contributed by atoms with Gasteiger partial charge in [0.15, 0.2) is 0 Å². The van der Waals surface area contributed by atoms with Crippen molar-refractivity contribution in [1.29, 1.82) is 0 Å². The molecule has 10 heavy (non-hydrogen) atoms. The van der Waals surface area contributed by atoms with Gasteiger partial charge in [-0.3, -0.25) is 0 Å². The van der Waals surface area contributed by atoms with E-state index in [1.807, 2.05) is 26.0 Å². The van der Waals surface area contributed by atoms with E-state index in [-0.39, 0.29) is 0 Å². The Morgan fingerprint density at radius 1 is 1.10 bits per heavy atom. The minimum absolute atomic E-state index is 0.307. The molecule has 0 unspecified atom stereocenters. The van der Waals surface area contributed by atoms with E-state index < -0.39 is 0 Å². The summed E-state index contributed by atoms with van der Waals surface area (Å²) in [6.07, 6.45) is 7.18. The minimum atomic E-state index is 0.307. The molecule has 0 aromatic rings. The van der Waals surface area contributed by atoms with Crippen molar-refractivity contribution in [1.82, 2.24) is 0 Å². The Hall–Kier alpha value is -0.980. The van der Waals surface area contributed by atoms with Crippen molar-refractivity contribution in [3.05, 3.63) is 35.6 Å². The van der Waals surface area contributed by atoms with Crippen LogP contribution in [0.5, 0.6) is 0 Å². The first kappa shape index (κ1) is 9.02. The summed E-state index contributed by atoms with van der Waals surface area (Å²) < 4.78 is 0. The van der Waals surface area contributed by atoms with Gasteiger partial charge in [-0.1, -0.05) is 17.7 Å². The second-order valence-electron chi connectivity index (χ2n) is 2.08. The predicted octanol–water partition coefficient (Wildman–Crippen LogP) is 2.97. The molecule has 0 aromatic carbocycles. The van der Waals surface area contributed by atoms with E-state index >= 15 is 0 Å². The van der Waals surface area contributed by atoms with Crippen molar-refractivity contribution in [2.75, 3.05) is 0 Å². The summed E-state index contributed by atoms with van der Waals surface area (Å²) >= 11 is 0. The molecule has 0 aromatic heterocycles. The molecule has 1 heteroatoms. The van der Waals surface area contributed by atoms with Crippen LogP contribution in [0.4, 0.5) is 0 Å². The highest BCUT2D eigenvalue weighted by molar-refractivity contribution is 5.21. The van der Waals surface area contributed by atoms with Crippen LogP contribution in [-0.4, -0.2) is 5.11 Å². The Morgan fingerprint density at radius 2 is 1.70 bits per heavy atom. The van der Waals surface area contributed by atoms with Crippen LogP contribution in [0.1, 0.15) is 20.8 Å². The van der Waals surface area contributed by atoms with E-state index in [1.54, 1.807) is 19.1 Å². The maximum absolute atomic E-state index is 8.95. The van der Waals surface area contributed by atoms with Crippen LogP contribution in [0.3, 0.4) is 0 Å². The summed E-state index contributed by atoms with van der Waals surface area (Å²) in [5.41, 5.74) is 1.15. The topological polar surface area (TPSA) is 20.2 Å². The van der Waals surface area contributed by atoms with Gasteiger partial charge >= 0.3 is 0 Å². The van der Waals surface area contributed by atoms with E-state index in [0.29, 0.717) is 5.76 Å². The molecule has 0 aliphatic heterocycles. The molecule has 1 nitrogen and oxygen atoms in total. The Balaban J connectivity index is 4.01. The molecule has 0 saturated carbocycles. The van der Waals surface area contributed by atoms with Crippen LogP contribution in [0.2, 0.25) is 0 Å². The molecule has 1 N–H and O–H groups in total. The molecular weight excluding hydrogens is 124 g/mol. The number of allylic oxidation sites excluding steroid dienone is 5. The van der Waals surface area contributed by atoms with Gasteiger partial charge in [0, 0.05) is 0 Å². The van der Waals surface area contributed by atoms with Gasteiger partial charge in [0.05, 0.1) is 0 Å². The number of hydrogen-bond acceptors (Lipinski definition) is 1. The smallest absolute Gasteiger partial charge is 0.111 e. The van der Waals surface area contributed by atoms with Gasteiger partial charge in [0.2, 0.25) is 0 Å². The van der Waals surface area contributed by atoms with Gasteiger partial charge in [-0.15, -0.1) is 0 Å². The lowest BCUT2D eigenvalue weighted by atomic mass is 10.2. The van der Waals surface area contributed by atoms with Crippen molar-refractivity contribution in [2.24, 2.45) is 0 Å². The molecule has 0 radical (unpaired) electrons. The Bertz CT molecular complexity index is 153. The largest absolute Gasteiger partial charge is 0.508 e. The summed E-state index contributed by atoms with van der Waals surface area (Å²) in [5, 5.41) is 8.95. The molecule has 0 saturated heterocycles. The van der Waals surface area contributed by atoms with Gasteiger partial charge in [0.25, 0.3) is 0 Å². The fourth-order valence-corrected chi connectivity index (χ4v) is 0.409. The number of hydrogen-bond donors (Lipinski definition) is 1. The van der Waals surface area contributed by atoms with Crippen LogP contribution >= 0.6 is 0 Å².